The molecule has 0 saturated heterocycles. The lowest BCUT2D eigenvalue weighted by Crippen LogP contribution is -2.33. The van der Waals surface area contributed by atoms with Crippen molar-refractivity contribution in [3.8, 4) is 0 Å². The van der Waals surface area contributed by atoms with Gasteiger partial charge in [0.1, 0.15) is 5.58 Å². The number of aryl methyl sites for hydroxylation is 2. The first-order valence-corrected chi connectivity index (χ1v) is 9.69. The Kier molecular flexibility index (Phi) is 5.96. The zero-order chi connectivity index (χ0) is 19.4. The van der Waals surface area contributed by atoms with Crippen molar-refractivity contribution in [2.75, 3.05) is 11.9 Å². The average Bonchev–Trinajstić information content (AvgIpc) is 3.04. The second-order valence-electron chi connectivity index (χ2n) is 6.19. The fourth-order valence-electron chi connectivity index (χ4n) is 2.97. The van der Waals surface area contributed by atoms with Gasteiger partial charge in [0.2, 0.25) is 5.91 Å². The van der Waals surface area contributed by atoms with Gasteiger partial charge in [-0.05, 0) is 48.7 Å². The van der Waals surface area contributed by atoms with Crippen LogP contribution in [0.4, 0.5) is 5.69 Å². The van der Waals surface area contributed by atoms with E-state index in [9.17, 15) is 9.59 Å². The van der Waals surface area contributed by atoms with E-state index in [1.807, 2.05) is 49.4 Å². The lowest BCUT2D eigenvalue weighted by molar-refractivity contribution is -0.115. The van der Waals surface area contributed by atoms with Crippen LogP contribution in [0.2, 0.25) is 0 Å². The first kappa shape index (κ1) is 19.2. The van der Waals surface area contributed by atoms with Crippen LogP contribution in [0.5, 0.6) is 0 Å². The molecule has 0 radical (unpaired) electrons. The second-order valence-corrected chi connectivity index (χ2v) is 7.10. The van der Waals surface area contributed by atoms with E-state index < -0.39 is 5.91 Å². The van der Waals surface area contributed by atoms with Crippen LogP contribution in [0.25, 0.3) is 11.0 Å². The summed E-state index contributed by atoms with van der Waals surface area (Å²) in [6.07, 6.45) is 1.55. The molecule has 0 aliphatic rings. The summed E-state index contributed by atoms with van der Waals surface area (Å²) < 4.78 is 6.65. The number of amides is 2. The molecular formula is C21H21BrN2O3. The Morgan fingerprint density at radius 2 is 1.89 bits per heavy atom. The molecule has 0 aliphatic heterocycles. The highest BCUT2D eigenvalue weighted by Gasteiger charge is 2.20. The lowest BCUT2D eigenvalue weighted by atomic mass is 10.1. The number of carbonyl (C=O) groups is 2. The van der Waals surface area contributed by atoms with Crippen molar-refractivity contribution < 1.29 is 14.0 Å². The van der Waals surface area contributed by atoms with Crippen LogP contribution in [-0.2, 0) is 17.6 Å². The van der Waals surface area contributed by atoms with Gasteiger partial charge in [-0.15, -0.1) is 0 Å². The summed E-state index contributed by atoms with van der Waals surface area (Å²) in [7, 11) is 0. The van der Waals surface area contributed by atoms with E-state index in [4.69, 9.17) is 4.42 Å². The van der Waals surface area contributed by atoms with Crippen molar-refractivity contribution in [2.24, 2.45) is 0 Å². The van der Waals surface area contributed by atoms with Crippen molar-refractivity contribution in [3.63, 3.8) is 0 Å². The molecule has 0 spiro atoms. The third-order valence-electron chi connectivity index (χ3n) is 4.34. The Bertz CT molecular complexity index is 994. The number of benzene rings is 2. The van der Waals surface area contributed by atoms with Crippen LogP contribution in [0.3, 0.4) is 0 Å². The van der Waals surface area contributed by atoms with Gasteiger partial charge in [0.25, 0.3) is 5.91 Å². The van der Waals surface area contributed by atoms with Gasteiger partial charge in [-0.25, -0.2) is 0 Å². The molecular weight excluding hydrogens is 408 g/mol. The molecule has 140 valence electrons. The second kappa shape index (κ2) is 8.39. The van der Waals surface area contributed by atoms with Gasteiger partial charge in [0.05, 0.1) is 6.54 Å². The van der Waals surface area contributed by atoms with Crippen LogP contribution >= 0.6 is 15.9 Å². The molecule has 0 aliphatic carbocycles. The third-order valence-corrected chi connectivity index (χ3v) is 4.83. The summed E-state index contributed by atoms with van der Waals surface area (Å²) in [5.41, 5.74) is 3.34. The molecule has 1 aromatic heterocycles. The molecule has 3 aromatic rings. The first-order chi connectivity index (χ1) is 13.0. The Hall–Kier alpha value is -2.60. The van der Waals surface area contributed by atoms with Crippen LogP contribution < -0.4 is 10.6 Å². The highest BCUT2D eigenvalue weighted by atomic mass is 79.9. The predicted octanol–water partition coefficient (Wildman–Crippen LogP) is 4.69. The monoisotopic (exact) mass is 428 g/mol. The summed E-state index contributed by atoms with van der Waals surface area (Å²) in [5, 5.41) is 6.34. The Labute approximate surface area is 166 Å². The van der Waals surface area contributed by atoms with Gasteiger partial charge in [0, 0.05) is 21.1 Å². The van der Waals surface area contributed by atoms with E-state index in [-0.39, 0.29) is 18.2 Å². The number of fused-ring (bicyclic) bond motifs is 1. The summed E-state index contributed by atoms with van der Waals surface area (Å²) in [4.78, 5) is 24.7. The minimum atomic E-state index is -0.392. The minimum Gasteiger partial charge on any atom is -0.451 e. The molecule has 6 heteroatoms. The Balaban J connectivity index is 1.68. The van der Waals surface area contributed by atoms with E-state index in [1.165, 1.54) is 0 Å². The van der Waals surface area contributed by atoms with Crippen molar-refractivity contribution in [1.29, 1.82) is 0 Å². The van der Waals surface area contributed by atoms with Gasteiger partial charge >= 0.3 is 0 Å². The number of anilines is 1. The zero-order valence-corrected chi connectivity index (χ0v) is 16.9. The number of halogens is 1. The largest absolute Gasteiger partial charge is 0.451 e. The van der Waals surface area contributed by atoms with E-state index in [1.54, 1.807) is 0 Å². The van der Waals surface area contributed by atoms with Gasteiger partial charge in [-0.3, -0.25) is 9.59 Å². The maximum absolute atomic E-state index is 12.5. The van der Waals surface area contributed by atoms with Gasteiger partial charge in [-0.2, -0.15) is 0 Å². The van der Waals surface area contributed by atoms with Crippen LogP contribution in [-0.4, -0.2) is 18.4 Å². The average molecular weight is 429 g/mol. The summed E-state index contributed by atoms with van der Waals surface area (Å²) >= 11 is 3.44. The van der Waals surface area contributed by atoms with Crippen LogP contribution in [0.1, 0.15) is 35.5 Å². The molecule has 2 aromatic carbocycles. The van der Waals surface area contributed by atoms with Crippen molar-refractivity contribution in [2.45, 2.75) is 26.7 Å². The molecule has 0 fully saturated rings. The number of nitrogens with one attached hydrogen (secondary N) is 2. The molecule has 2 N–H and O–H groups in total. The SMILES string of the molecule is CCc1cccc(NC(=O)CNC(=O)c2oc3ccc(Br)cc3c2CC)c1. The van der Waals surface area contributed by atoms with Crippen molar-refractivity contribution in [3.05, 3.63) is 63.8 Å². The maximum Gasteiger partial charge on any atom is 0.287 e. The lowest BCUT2D eigenvalue weighted by Gasteiger charge is -2.08. The molecule has 3 rings (SSSR count). The zero-order valence-electron chi connectivity index (χ0n) is 15.3. The highest BCUT2D eigenvalue weighted by molar-refractivity contribution is 9.10. The normalized spacial score (nSPS) is 10.8. The standard InChI is InChI=1S/C21H21BrN2O3/c1-3-13-6-5-7-15(10-13)24-19(25)12-23-21(26)20-16(4-2)17-11-14(22)8-9-18(17)27-20/h5-11H,3-4,12H2,1-2H3,(H,23,26)(H,24,25). The molecule has 0 unspecified atom stereocenters. The van der Waals surface area contributed by atoms with Crippen LogP contribution in [0, 0.1) is 0 Å². The fraction of sp³-hybridized carbons (Fsp3) is 0.238. The van der Waals surface area contributed by atoms with Crippen molar-refractivity contribution in [1.82, 2.24) is 5.32 Å². The maximum atomic E-state index is 12.5. The molecule has 0 bridgehead atoms. The molecule has 2 amide bonds. The number of hydrogen-bond donors (Lipinski definition) is 2. The van der Waals surface area contributed by atoms with E-state index in [0.29, 0.717) is 12.0 Å². The van der Waals surface area contributed by atoms with Gasteiger partial charge in [0.15, 0.2) is 5.76 Å². The highest BCUT2D eigenvalue weighted by Crippen LogP contribution is 2.29. The number of furan rings is 1. The number of hydrogen-bond acceptors (Lipinski definition) is 3. The van der Waals surface area contributed by atoms with E-state index in [0.717, 1.165) is 33.1 Å². The Morgan fingerprint density at radius 1 is 1.07 bits per heavy atom. The molecule has 0 atom stereocenters. The molecule has 5 nitrogen and oxygen atoms in total. The number of carbonyl (C=O) groups excluding carboxylic acids is 2. The smallest absolute Gasteiger partial charge is 0.287 e. The number of rotatable bonds is 6. The van der Waals surface area contributed by atoms with Gasteiger partial charge in [-0.1, -0.05) is 41.9 Å². The molecule has 27 heavy (non-hydrogen) atoms. The molecule has 0 saturated carbocycles. The molecule has 1 heterocycles. The van der Waals surface area contributed by atoms with Crippen molar-refractivity contribution >= 4 is 44.4 Å². The minimum absolute atomic E-state index is 0.126. The summed E-state index contributed by atoms with van der Waals surface area (Å²) in [6, 6.07) is 13.3. The van der Waals surface area contributed by atoms with Gasteiger partial charge < -0.3 is 15.1 Å². The Morgan fingerprint density at radius 3 is 2.63 bits per heavy atom. The summed E-state index contributed by atoms with van der Waals surface area (Å²) in [5.74, 6) is -0.420. The third kappa shape index (κ3) is 4.39. The van der Waals surface area contributed by atoms with E-state index >= 15 is 0 Å². The first-order valence-electron chi connectivity index (χ1n) is 8.89. The summed E-state index contributed by atoms with van der Waals surface area (Å²) in [6.45, 7) is 3.90. The fourth-order valence-corrected chi connectivity index (χ4v) is 3.33. The quantitative estimate of drug-likeness (QED) is 0.597. The van der Waals surface area contributed by atoms with E-state index in [2.05, 4.69) is 33.5 Å². The predicted molar refractivity (Wildman–Crippen MR) is 110 cm³/mol. The topological polar surface area (TPSA) is 71.3 Å². The van der Waals surface area contributed by atoms with Crippen LogP contribution in [0.15, 0.2) is 51.4 Å².